The van der Waals surface area contributed by atoms with Crippen LogP contribution in [0.5, 0.6) is 5.75 Å². The van der Waals surface area contributed by atoms with Crippen molar-refractivity contribution in [2.45, 2.75) is 6.92 Å². The van der Waals surface area contributed by atoms with Crippen LogP contribution in [0.1, 0.15) is 21.5 Å². The zero-order valence-corrected chi connectivity index (χ0v) is 17.6. The summed E-state index contributed by atoms with van der Waals surface area (Å²) in [4.78, 5) is 12.0. The Kier molecular flexibility index (Phi) is 8.18. The van der Waals surface area contributed by atoms with E-state index < -0.39 is 15.9 Å². The first-order valence-electron chi connectivity index (χ1n) is 6.91. The van der Waals surface area contributed by atoms with Crippen LogP contribution in [0, 0.1) is 6.92 Å². The number of amides is 1. The molecule has 2 rings (SSSR count). The van der Waals surface area contributed by atoms with E-state index in [1.54, 1.807) is 36.4 Å². The maximum Gasteiger partial charge on any atom is 1.00 e. The summed E-state index contributed by atoms with van der Waals surface area (Å²) >= 11 is 5.95. The zero-order valence-electron chi connectivity index (χ0n) is 14.1. The minimum absolute atomic E-state index is 0. The number of hydrogen-bond acceptors (Lipinski definition) is 4. The molecule has 0 heterocycles. The van der Waals surface area contributed by atoms with Gasteiger partial charge in [-0.05, 0) is 42.3 Å². The van der Waals surface area contributed by atoms with Gasteiger partial charge < -0.3 is 14.3 Å². The second-order valence-corrected chi connectivity index (χ2v) is 6.86. The molecule has 0 saturated heterocycles. The fraction of sp³-hybridized carbons (Fsp3) is 0.118. The van der Waals surface area contributed by atoms with Crippen LogP contribution >= 0.6 is 11.6 Å². The summed E-state index contributed by atoms with van der Waals surface area (Å²) in [7, 11) is -2.53. The number of nitrogens with zero attached hydrogens (tertiary/aromatic N) is 1. The predicted molar refractivity (Wildman–Crippen MR) is 94.8 cm³/mol. The molecule has 1 amide bonds. The van der Waals surface area contributed by atoms with Gasteiger partial charge in [-0.1, -0.05) is 35.9 Å². The average molecular weight is 388 g/mol. The van der Waals surface area contributed by atoms with Crippen molar-refractivity contribution in [2.24, 2.45) is 0 Å². The number of ether oxygens (including phenoxy) is 1. The van der Waals surface area contributed by atoms with E-state index in [9.17, 15) is 13.2 Å². The molecule has 2 aromatic carbocycles. The van der Waals surface area contributed by atoms with Crippen molar-refractivity contribution in [3.8, 4) is 5.75 Å². The van der Waals surface area contributed by atoms with Crippen LogP contribution in [0.25, 0.3) is 10.8 Å². The molecule has 0 radical (unpaired) electrons. The molecule has 0 aliphatic carbocycles. The van der Waals surface area contributed by atoms with E-state index in [2.05, 4.69) is 4.72 Å². The number of sulfonamides is 1. The molecule has 0 aliphatic heterocycles. The minimum atomic E-state index is -4.06. The monoisotopic (exact) mass is 387 g/mol. The summed E-state index contributed by atoms with van der Waals surface area (Å²) < 4.78 is 32.2. The summed E-state index contributed by atoms with van der Waals surface area (Å²) in [5.74, 6) is -0.247. The molecule has 0 atom stereocenters. The maximum atomic E-state index is 12.0. The van der Waals surface area contributed by atoms with E-state index in [1.807, 2.05) is 6.92 Å². The van der Waals surface area contributed by atoms with E-state index in [4.69, 9.17) is 16.3 Å². The quantitative estimate of drug-likeness (QED) is 0.722. The van der Waals surface area contributed by atoms with Crippen molar-refractivity contribution in [1.82, 2.24) is 0 Å². The summed E-state index contributed by atoms with van der Waals surface area (Å²) in [6, 6.07) is 11.4. The smallest absolute Gasteiger partial charge is 0.538 e. The predicted octanol–water partition coefficient (Wildman–Crippen LogP) is 1.18. The molecular weight excluding hydrogens is 373 g/mol. The first-order valence-corrected chi connectivity index (χ1v) is 8.79. The largest absolute Gasteiger partial charge is 1.00 e. The fourth-order valence-electron chi connectivity index (χ4n) is 1.87. The Labute approximate surface area is 174 Å². The Morgan fingerprint density at radius 1 is 1.16 bits per heavy atom. The second-order valence-electron chi connectivity index (χ2n) is 4.97. The summed E-state index contributed by atoms with van der Waals surface area (Å²) in [6.07, 6.45) is 1.35. The molecule has 8 heteroatoms. The fourth-order valence-corrected chi connectivity index (χ4v) is 2.90. The normalized spacial score (nSPS) is 11.0. The standard InChI is InChI=1S/C17H16ClNO4S.Na/c1-12-3-8-15(16(18)11-12)17(20)19-24(21,22)10-9-13-4-6-14(23-2)7-5-13;/h3-11H,1-2H3,(H,19,20);/q;+1/p-1/b10-9+;. The molecular formula is C17H15ClNNaO4S. The topological polar surface area (TPSA) is 74.5 Å². The Morgan fingerprint density at radius 3 is 2.36 bits per heavy atom. The van der Waals surface area contributed by atoms with Gasteiger partial charge in [-0.3, -0.25) is 0 Å². The van der Waals surface area contributed by atoms with Gasteiger partial charge in [0.15, 0.2) is 0 Å². The third-order valence-electron chi connectivity index (χ3n) is 3.11. The molecule has 0 bridgehead atoms. The number of carbonyl (C=O) groups excluding carboxylic acids is 1. The van der Waals surface area contributed by atoms with Crippen molar-refractivity contribution in [3.63, 3.8) is 0 Å². The van der Waals surface area contributed by atoms with Crippen LogP contribution < -0.4 is 34.3 Å². The van der Waals surface area contributed by atoms with Crippen LogP contribution in [0.2, 0.25) is 5.02 Å². The Hall–Kier alpha value is -1.31. The van der Waals surface area contributed by atoms with Gasteiger partial charge in [-0.2, -0.15) is 0 Å². The van der Waals surface area contributed by atoms with Crippen LogP contribution in [0.4, 0.5) is 0 Å². The number of carbonyl (C=O) groups is 1. The molecule has 5 nitrogen and oxygen atoms in total. The van der Waals surface area contributed by atoms with Crippen molar-refractivity contribution in [3.05, 3.63) is 74.3 Å². The number of methoxy groups -OCH3 is 1. The van der Waals surface area contributed by atoms with Crippen LogP contribution in [-0.4, -0.2) is 21.4 Å². The SMILES string of the molecule is COc1ccc(/C=C/S(=O)(=O)[N-]C(=O)c2ccc(C)cc2Cl)cc1.[Na+]. The number of aryl methyl sites for hydroxylation is 1. The number of halogens is 1. The third kappa shape index (κ3) is 6.49. The summed E-state index contributed by atoms with van der Waals surface area (Å²) in [5.41, 5.74) is 1.54. The first-order chi connectivity index (χ1) is 11.3. The minimum Gasteiger partial charge on any atom is -0.538 e. The van der Waals surface area contributed by atoms with Crippen molar-refractivity contribution in [2.75, 3.05) is 7.11 Å². The molecule has 0 N–H and O–H groups in total. The van der Waals surface area contributed by atoms with Crippen LogP contribution in [0.3, 0.4) is 0 Å². The number of rotatable bonds is 5. The van der Waals surface area contributed by atoms with Crippen LogP contribution in [0.15, 0.2) is 47.9 Å². The molecule has 0 unspecified atom stereocenters. The Morgan fingerprint density at radius 2 is 1.80 bits per heavy atom. The van der Waals surface area contributed by atoms with Gasteiger partial charge in [-0.25, -0.2) is 8.42 Å². The molecule has 0 fully saturated rings. The van der Waals surface area contributed by atoms with Gasteiger partial charge in [0.2, 0.25) is 0 Å². The van der Waals surface area contributed by atoms with E-state index in [0.717, 1.165) is 11.0 Å². The molecule has 0 aliphatic rings. The Balaban J connectivity index is 0.00000312. The maximum absolute atomic E-state index is 12.0. The first kappa shape index (κ1) is 21.7. The molecule has 0 saturated carbocycles. The molecule has 2 aromatic rings. The second kappa shape index (κ2) is 9.40. The van der Waals surface area contributed by atoms with Gasteiger partial charge >= 0.3 is 29.6 Å². The van der Waals surface area contributed by atoms with Crippen LogP contribution in [-0.2, 0) is 10.0 Å². The van der Waals surface area contributed by atoms with E-state index in [1.165, 1.54) is 19.3 Å². The van der Waals surface area contributed by atoms with Crippen molar-refractivity contribution in [1.29, 1.82) is 0 Å². The summed E-state index contributed by atoms with van der Waals surface area (Å²) in [5, 5.41) is 1.03. The summed E-state index contributed by atoms with van der Waals surface area (Å²) in [6.45, 7) is 1.81. The number of benzene rings is 2. The van der Waals surface area contributed by atoms with Gasteiger partial charge in [-0.15, -0.1) is 0 Å². The van der Waals surface area contributed by atoms with Gasteiger partial charge in [0.1, 0.15) is 15.8 Å². The van der Waals surface area contributed by atoms with E-state index in [-0.39, 0.29) is 40.1 Å². The number of hydrogen-bond donors (Lipinski definition) is 0. The molecule has 0 aromatic heterocycles. The van der Waals surface area contributed by atoms with Crippen molar-refractivity contribution >= 4 is 33.6 Å². The van der Waals surface area contributed by atoms with Gasteiger partial charge in [0.25, 0.3) is 0 Å². The Bertz CT molecular complexity index is 880. The van der Waals surface area contributed by atoms with E-state index in [0.29, 0.717) is 11.3 Å². The van der Waals surface area contributed by atoms with Gasteiger partial charge in [0, 0.05) is 11.0 Å². The zero-order chi connectivity index (χ0) is 17.7. The molecule has 25 heavy (non-hydrogen) atoms. The van der Waals surface area contributed by atoms with Crippen molar-refractivity contribution < 1.29 is 47.5 Å². The average Bonchev–Trinajstić information content (AvgIpc) is 2.53. The third-order valence-corrected chi connectivity index (χ3v) is 4.33. The molecule has 126 valence electrons. The molecule has 0 spiro atoms. The van der Waals surface area contributed by atoms with Gasteiger partial charge in [0.05, 0.1) is 18.0 Å². The van der Waals surface area contributed by atoms with E-state index >= 15 is 0 Å².